The molecule has 1 heterocycles. The molecule has 0 N–H and O–H groups in total. The van der Waals surface area contributed by atoms with Gasteiger partial charge in [0.2, 0.25) is 5.91 Å². The van der Waals surface area contributed by atoms with Gasteiger partial charge in [0.25, 0.3) is 0 Å². The molecule has 1 aliphatic rings. The topological polar surface area (TPSA) is 82.1 Å². The van der Waals surface area contributed by atoms with Crippen LogP contribution in [-0.4, -0.2) is 42.6 Å². The van der Waals surface area contributed by atoms with Gasteiger partial charge >= 0.3 is 12.1 Å². The summed E-state index contributed by atoms with van der Waals surface area (Å²) in [5.41, 5.74) is 0.849. The third-order valence-corrected chi connectivity index (χ3v) is 5.37. The zero-order valence-corrected chi connectivity index (χ0v) is 18.4. The number of ether oxygens (including phenoxy) is 3. The first kappa shape index (κ1) is 23.1. The van der Waals surface area contributed by atoms with Crippen molar-refractivity contribution in [3.05, 3.63) is 78.1 Å². The minimum atomic E-state index is -0.798. The van der Waals surface area contributed by atoms with Crippen LogP contribution in [0.1, 0.15) is 31.7 Å². The number of para-hydroxylation sites is 1. The van der Waals surface area contributed by atoms with E-state index in [2.05, 4.69) is 0 Å². The van der Waals surface area contributed by atoms with Crippen molar-refractivity contribution >= 4 is 18.0 Å². The molecule has 1 fully saturated rings. The van der Waals surface area contributed by atoms with Gasteiger partial charge in [-0.3, -0.25) is 4.79 Å². The Morgan fingerprint density at radius 2 is 1.72 bits per heavy atom. The fourth-order valence-electron chi connectivity index (χ4n) is 3.55. The van der Waals surface area contributed by atoms with Gasteiger partial charge in [0.1, 0.15) is 18.6 Å². The van der Waals surface area contributed by atoms with E-state index in [4.69, 9.17) is 14.2 Å². The molecule has 2 amide bonds. The minimum Gasteiger partial charge on any atom is -0.466 e. The number of nitrogens with zero attached hydrogens (tertiary/aromatic N) is 1. The molecule has 7 nitrogen and oxygen atoms in total. The normalized spacial score (nSPS) is 17.1. The van der Waals surface area contributed by atoms with E-state index in [1.54, 1.807) is 36.4 Å². The van der Waals surface area contributed by atoms with Crippen LogP contribution < -0.4 is 4.74 Å². The Hall–Kier alpha value is -3.61. The maximum Gasteiger partial charge on any atom is 0.417 e. The van der Waals surface area contributed by atoms with Crippen LogP contribution in [0.3, 0.4) is 0 Å². The number of hydrogen-bond donors (Lipinski definition) is 0. The molecule has 2 aromatic carbocycles. The zero-order valence-electron chi connectivity index (χ0n) is 18.4. The highest BCUT2D eigenvalue weighted by atomic mass is 16.6. The molecule has 2 atom stereocenters. The largest absolute Gasteiger partial charge is 0.466 e. The number of rotatable bonds is 8. The summed E-state index contributed by atoms with van der Waals surface area (Å²) in [5.74, 6) is -1.27. The van der Waals surface area contributed by atoms with E-state index in [0.29, 0.717) is 11.3 Å². The van der Waals surface area contributed by atoms with Crippen LogP contribution in [0.25, 0.3) is 0 Å². The summed E-state index contributed by atoms with van der Waals surface area (Å²) in [5, 5.41) is 0. The van der Waals surface area contributed by atoms with Crippen LogP contribution in [0.5, 0.6) is 5.75 Å². The predicted molar refractivity (Wildman–Crippen MR) is 118 cm³/mol. The second-order valence-corrected chi connectivity index (χ2v) is 7.83. The summed E-state index contributed by atoms with van der Waals surface area (Å²) in [4.78, 5) is 39.7. The van der Waals surface area contributed by atoms with E-state index in [9.17, 15) is 14.4 Å². The van der Waals surface area contributed by atoms with Gasteiger partial charge in [-0.25, -0.2) is 14.5 Å². The number of imide groups is 1. The van der Waals surface area contributed by atoms with Gasteiger partial charge in [-0.1, -0.05) is 62.4 Å². The molecule has 32 heavy (non-hydrogen) atoms. The fourth-order valence-corrected chi connectivity index (χ4v) is 3.55. The van der Waals surface area contributed by atoms with E-state index in [1.807, 2.05) is 38.1 Å². The van der Waals surface area contributed by atoms with Gasteiger partial charge < -0.3 is 14.2 Å². The Morgan fingerprint density at radius 1 is 1.09 bits per heavy atom. The van der Waals surface area contributed by atoms with E-state index in [-0.39, 0.29) is 30.6 Å². The van der Waals surface area contributed by atoms with Crippen molar-refractivity contribution in [3.63, 3.8) is 0 Å². The van der Waals surface area contributed by atoms with Crippen molar-refractivity contribution in [3.8, 4) is 5.75 Å². The highest BCUT2D eigenvalue weighted by molar-refractivity contribution is 5.98. The molecule has 0 unspecified atom stereocenters. The number of carbonyl (C=O) groups is 3. The monoisotopic (exact) mass is 437 g/mol. The summed E-state index contributed by atoms with van der Waals surface area (Å²) in [6, 6.07) is 17.6. The second-order valence-electron chi connectivity index (χ2n) is 7.83. The lowest BCUT2D eigenvalue weighted by Crippen LogP contribution is -2.44. The summed E-state index contributed by atoms with van der Waals surface area (Å²) in [7, 11) is 1.27. The molecule has 0 aromatic heterocycles. The number of methoxy groups -OCH3 is 1. The molecule has 7 heteroatoms. The highest BCUT2D eigenvalue weighted by Crippen LogP contribution is 2.31. The van der Waals surface area contributed by atoms with Crippen LogP contribution in [0.15, 0.2) is 72.5 Å². The lowest BCUT2D eigenvalue weighted by Gasteiger charge is -2.27. The Morgan fingerprint density at radius 3 is 2.31 bits per heavy atom. The van der Waals surface area contributed by atoms with E-state index in [0.717, 1.165) is 0 Å². The first-order chi connectivity index (χ1) is 15.4. The Kier molecular flexibility index (Phi) is 7.65. The minimum absolute atomic E-state index is 0.00303. The molecule has 1 aliphatic heterocycles. The molecule has 0 spiro atoms. The van der Waals surface area contributed by atoms with Crippen LogP contribution in [0, 0.1) is 5.92 Å². The molecule has 1 saturated heterocycles. The summed E-state index contributed by atoms with van der Waals surface area (Å²) in [6.07, 6.45) is 0.627. The average molecular weight is 437 g/mol. The second kappa shape index (κ2) is 10.6. The zero-order chi connectivity index (χ0) is 23.1. The molecule has 2 aromatic rings. The van der Waals surface area contributed by atoms with Gasteiger partial charge in [0.05, 0.1) is 24.6 Å². The summed E-state index contributed by atoms with van der Waals surface area (Å²) in [6.45, 7) is 4.01. The number of esters is 1. The molecular weight excluding hydrogens is 410 g/mol. The SMILES string of the molecule is COC(=O)/C(=C/Oc1ccccc1)C[C@H](C(=O)N1C(=O)OC[C@@H]1C(C)C)c1ccccc1. The van der Waals surface area contributed by atoms with Gasteiger partial charge in [0.15, 0.2) is 0 Å². The molecule has 168 valence electrons. The van der Waals surface area contributed by atoms with Crippen molar-refractivity contribution in [2.24, 2.45) is 5.92 Å². The van der Waals surface area contributed by atoms with Crippen LogP contribution in [-0.2, 0) is 19.1 Å². The van der Waals surface area contributed by atoms with Crippen LogP contribution >= 0.6 is 0 Å². The maximum absolute atomic E-state index is 13.6. The Labute approximate surface area is 187 Å². The number of cyclic esters (lactones) is 1. The Balaban J connectivity index is 1.94. The molecule has 0 aliphatic carbocycles. The van der Waals surface area contributed by atoms with E-state index >= 15 is 0 Å². The van der Waals surface area contributed by atoms with E-state index in [1.165, 1.54) is 18.3 Å². The Bertz CT molecular complexity index is 970. The van der Waals surface area contributed by atoms with E-state index < -0.39 is 23.9 Å². The lowest BCUT2D eigenvalue weighted by molar-refractivity contribution is -0.136. The van der Waals surface area contributed by atoms with Crippen molar-refractivity contribution in [1.82, 2.24) is 4.90 Å². The van der Waals surface area contributed by atoms with Crippen LogP contribution in [0.4, 0.5) is 4.79 Å². The molecule has 0 radical (unpaired) electrons. The van der Waals surface area contributed by atoms with Gasteiger partial charge in [-0.15, -0.1) is 0 Å². The van der Waals surface area contributed by atoms with Crippen molar-refractivity contribution in [1.29, 1.82) is 0 Å². The van der Waals surface area contributed by atoms with Crippen LogP contribution in [0.2, 0.25) is 0 Å². The molecule has 0 saturated carbocycles. The number of hydrogen-bond acceptors (Lipinski definition) is 6. The molecule has 0 bridgehead atoms. The quantitative estimate of drug-likeness (QED) is 0.348. The van der Waals surface area contributed by atoms with Crippen molar-refractivity contribution < 1.29 is 28.6 Å². The predicted octanol–water partition coefficient (Wildman–Crippen LogP) is 4.30. The lowest BCUT2D eigenvalue weighted by atomic mass is 9.90. The molecular formula is C25H27NO6. The maximum atomic E-state index is 13.6. The van der Waals surface area contributed by atoms with Crippen molar-refractivity contribution in [2.45, 2.75) is 32.2 Å². The molecule has 3 rings (SSSR count). The van der Waals surface area contributed by atoms with Gasteiger partial charge in [-0.05, 0) is 30.0 Å². The fraction of sp³-hybridized carbons (Fsp3) is 0.320. The number of carbonyl (C=O) groups excluding carboxylic acids is 3. The smallest absolute Gasteiger partial charge is 0.417 e. The third kappa shape index (κ3) is 5.35. The summed E-state index contributed by atoms with van der Waals surface area (Å²) < 4.78 is 15.7. The number of benzene rings is 2. The third-order valence-electron chi connectivity index (χ3n) is 5.37. The van der Waals surface area contributed by atoms with Crippen molar-refractivity contribution in [2.75, 3.05) is 13.7 Å². The van der Waals surface area contributed by atoms with Gasteiger partial charge in [-0.2, -0.15) is 0 Å². The van der Waals surface area contributed by atoms with Gasteiger partial charge in [0, 0.05) is 0 Å². The summed E-state index contributed by atoms with van der Waals surface area (Å²) >= 11 is 0. The standard InChI is InChI=1S/C25H27NO6/c1-17(2)22-16-32-25(29)26(22)23(27)21(18-10-6-4-7-11-18)14-19(24(28)30-3)15-31-20-12-8-5-9-13-20/h4-13,15,17,21-22H,14,16H2,1-3H3/b19-15+/t21-,22+/m0/s1. The number of amides is 2. The first-order valence-corrected chi connectivity index (χ1v) is 10.5. The first-order valence-electron chi connectivity index (χ1n) is 10.5. The highest BCUT2D eigenvalue weighted by Gasteiger charge is 2.43. The average Bonchev–Trinajstić information content (AvgIpc) is 3.21.